The number of halogens is 1. The van der Waals surface area contributed by atoms with E-state index in [0.717, 1.165) is 35.5 Å². The number of hydrogen-bond donors (Lipinski definition) is 0. The van der Waals surface area contributed by atoms with Crippen LogP contribution < -0.4 is 0 Å². The third kappa shape index (κ3) is 2.61. The molecule has 1 aliphatic rings. The first kappa shape index (κ1) is 14.3. The maximum atomic E-state index is 13.5. The lowest BCUT2D eigenvalue weighted by Crippen LogP contribution is -2.25. The summed E-state index contributed by atoms with van der Waals surface area (Å²) in [6, 6.07) is 10.6. The summed E-state index contributed by atoms with van der Waals surface area (Å²) < 4.78 is 15.7. The Labute approximate surface area is 134 Å². The average molecular weight is 310 g/mol. The molecule has 1 fully saturated rings. The van der Waals surface area contributed by atoms with Crippen molar-refractivity contribution >= 4 is 11.2 Å². The van der Waals surface area contributed by atoms with Gasteiger partial charge in [0, 0.05) is 12.6 Å². The highest BCUT2D eigenvalue weighted by molar-refractivity contribution is 5.71. The Morgan fingerprint density at radius 1 is 1.26 bits per heavy atom. The number of rotatable bonds is 3. The summed E-state index contributed by atoms with van der Waals surface area (Å²) in [5, 5.41) is 0. The Morgan fingerprint density at radius 2 is 2.17 bits per heavy atom. The molecule has 0 spiro atoms. The van der Waals surface area contributed by atoms with Crippen molar-refractivity contribution in [2.75, 3.05) is 13.6 Å². The number of hydrogen-bond acceptors (Lipinski definition) is 3. The molecule has 5 heteroatoms. The van der Waals surface area contributed by atoms with E-state index < -0.39 is 0 Å². The summed E-state index contributed by atoms with van der Waals surface area (Å²) in [5.41, 5.74) is 2.75. The average Bonchev–Trinajstić information content (AvgIpc) is 3.10. The molecule has 0 aliphatic carbocycles. The van der Waals surface area contributed by atoms with Gasteiger partial charge in [-0.05, 0) is 56.3 Å². The molecule has 1 aliphatic heterocycles. The van der Waals surface area contributed by atoms with Crippen LogP contribution in [0.15, 0.2) is 42.6 Å². The van der Waals surface area contributed by atoms with Crippen LogP contribution in [0.25, 0.3) is 11.2 Å². The van der Waals surface area contributed by atoms with Crippen LogP contribution >= 0.6 is 0 Å². The minimum Gasteiger partial charge on any atom is -0.296 e. The third-order valence-electron chi connectivity index (χ3n) is 4.55. The van der Waals surface area contributed by atoms with Gasteiger partial charge in [-0.3, -0.25) is 9.47 Å². The van der Waals surface area contributed by atoms with Gasteiger partial charge < -0.3 is 0 Å². The highest BCUT2D eigenvalue weighted by Crippen LogP contribution is 2.30. The number of likely N-dealkylation sites (tertiary alicyclic amines) is 1. The monoisotopic (exact) mass is 310 g/mol. The predicted octanol–water partition coefficient (Wildman–Crippen LogP) is 3.39. The SMILES string of the molecule is CN1CCCC1n1c(Cc2cccc(F)c2)nc2cccnc21. The first-order valence-corrected chi connectivity index (χ1v) is 7.99. The number of benzene rings is 1. The van der Waals surface area contributed by atoms with Gasteiger partial charge in [-0.25, -0.2) is 14.4 Å². The number of imidazole rings is 1. The normalized spacial score (nSPS) is 18.8. The van der Waals surface area contributed by atoms with E-state index >= 15 is 0 Å². The second-order valence-corrected chi connectivity index (χ2v) is 6.15. The second-order valence-electron chi connectivity index (χ2n) is 6.15. The van der Waals surface area contributed by atoms with Crippen LogP contribution in [0.2, 0.25) is 0 Å². The molecular weight excluding hydrogens is 291 g/mol. The molecule has 0 N–H and O–H groups in total. The van der Waals surface area contributed by atoms with E-state index in [0.29, 0.717) is 6.42 Å². The highest BCUT2D eigenvalue weighted by Gasteiger charge is 2.27. The predicted molar refractivity (Wildman–Crippen MR) is 87.6 cm³/mol. The van der Waals surface area contributed by atoms with Crippen LogP contribution in [-0.4, -0.2) is 33.0 Å². The van der Waals surface area contributed by atoms with Crippen LogP contribution in [0.3, 0.4) is 0 Å². The van der Waals surface area contributed by atoms with Gasteiger partial charge in [0.1, 0.15) is 17.2 Å². The maximum Gasteiger partial charge on any atom is 0.161 e. The Kier molecular flexibility index (Phi) is 3.58. The Hall–Kier alpha value is -2.27. The molecule has 0 bridgehead atoms. The summed E-state index contributed by atoms with van der Waals surface area (Å²) in [5.74, 6) is 0.740. The zero-order valence-electron chi connectivity index (χ0n) is 13.1. The molecule has 1 unspecified atom stereocenters. The highest BCUT2D eigenvalue weighted by atomic mass is 19.1. The molecule has 1 aromatic carbocycles. The molecule has 118 valence electrons. The molecule has 1 atom stereocenters. The number of pyridine rings is 1. The van der Waals surface area contributed by atoms with Crippen molar-refractivity contribution in [1.82, 2.24) is 19.4 Å². The third-order valence-corrected chi connectivity index (χ3v) is 4.55. The minimum absolute atomic E-state index is 0.207. The fourth-order valence-electron chi connectivity index (χ4n) is 3.46. The standard InChI is InChI=1S/C18H19FN4/c1-22-10-4-8-17(22)23-16(12-13-5-2-6-14(19)11-13)21-15-7-3-9-20-18(15)23/h2-3,5-7,9,11,17H,4,8,10,12H2,1H3. The Balaban J connectivity index is 1.82. The molecule has 3 heterocycles. The van der Waals surface area contributed by atoms with Crippen molar-refractivity contribution in [3.05, 3.63) is 59.8 Å². The van der Waals surface area contributed by atoms with Gasteiger partial charge in [0.05, 0.1) is 6.17 Å². The van der Waals surface area contributed by atoms with Gasteiger partial charge in [0.2, 0.25) is 0 Å². The first-order valence-electron chi connectivity index (χ1n) is 7.99. The quantitative estimate of drug-likeness (QED) is 0.743. The van der Waals surface area contributed by atoms with Crippen molar-refractivity contribution in [2.24, 2.45) is 0 Å². The molecule has 23 heavy (non-hydrogen) atoms. The van der Waals surface area contributed by atoms with Crippen LogP contribution in [0.1, 0.15) is 30.4 Å². The number of nitrogens with zero attached hydrogens (tertiary/aromatic N) is 4. The molecule has 0 saturated carbocycles. The Morgan fingerprint density at radius 3 is 2.96 bits per heavy atom. The largest absolute Gasteiger partial charge is 0.296 e. The van der Waals surface area contributed by atoms with E-state index in [-0.39, 0.29) is 12.0 Å². The van der Waals surface area contributed by atoms with Crippen molar-refractivity contribution in [2.45, 2.75) is 25.4 Å². The van der Waals surface area contributed by atoms with Gasteiger partial charge in [-0.1, -0.05) is 12.1 Å². The lowest BCUT2D eigenvalue weighted by Gasteiger charge is -2.23. The lowest BCUT2D eigenvalue weighted by molar-refractivity contribution is 0.238. The molecule has 0 amide bonds. The van der Waals surface area contributed by atoms with Crippen molar-refractivity contribution in [3.63, 3.8) is 0 Å². The topological polar surface area (TPSA) is 34.0 Å². The summed E-state index contributed by atoms with van der Waals surface area (Å²) in [6.07, 6.45) is 4.96. The summed E-state index contributed by atoms with van der Waals surface area (Å²) in [6.45, 7) is 1.08. The van der Waals surface area contributed by atoms with Gasteiger partial charge in [-0.2, -0.15) is 0 Å². The first-order chi connectivity index (χ1) is 11.2. The smallest absolute Gasteiger partial charge is 0.161 e. The van der Waals surface area contributed by atoms with E-state index in [1.54, 1.807) is 18.3 Å². The van der Waals surface area contributed by atoms with E-state index in [9.17, 15) is 4.39 Å². The zero-order chi connectivity index (χ0) is 15.8. The molecule has 4 rings (SSSR count). The molecular formula is C18H19FN4. The van der Waals surface area contributed by atoms with E-state index in [2.05, 4.69) is 21.5 Å². The Bertz CT molecular complexity index is 842. The summed E-state index contributed by atoms with van der Waals surface area (Å²) in [7, 11) is 2.14. The van der Waals surface area contributed by atoms with Gasteiger partial charge in [0.15, 0.2) is 5.65 Å². The van der Waals surface area contributed by atoms with E-state index in [1.807, 2.05) is 18.2 Å². The van der Waals surface area contributed by atoms with E-state index in [4.69, 9.17) is 4.98 Å². The van der Waals surface area contributed by atoms with Gasteiger partial charge in [-0.15, -0.1) is 0 Å². The van der Waals surface area contributed by atoms with Crippen molar-refractivity contribution in [3.8, 4) is 0 Å². The summed E-state index contributed by atoms with van der Waals surface area (Å²) in [4.78, 5) is 11.6. The van der Waals surface area contributed by atoms with Crippen LogP contribution in [0.4, 0.5) is 4.39 Å². The molecule has 1 saturated heterocycles. The fourth-order valence-corrected chi connectivity index (χ4v) is 3.46. The van der Waals surface area contributed by atoms with Crippen molar-refractivity contribution < 1.29 is 4.39 Å². The molecule has 4 nitrogen and oxygen atoms in total. The van der Waals surface area contributed by atoms with Gasteiger partial charge in [0.25, 0.3) is 0 Å². The van der Waals surface area contributed by atoms with Crippen LogP contribution in [-0.2, 0) is 6.42 Å². The van der Waals surface area contributed by atoms with Crippen molar-refractivity contribution in [1.29, 1.82) is 0 Å². The number of aromatic nitrogens is 3. The summed E-state index contributed by atoms with van der Waals surface area (Å²) >= 11 is 0. The van der Waals surface area contributed by atoms with Crippen LogP contribution in [0, 0.1) is 5.82 Å². The number of fused-ring (bicyclic) bond motifs is 1. The minimum atomic E-state index is -0.207. The second kappa shape index (κ2) is 5.74. The fraction of sp³-hybridized carbons (Fsp3) is 0.333. The molecule has 0 radical (unpaired) electrons. The van der Waals surface area contributed by atoms with Crippen LogP contribution in [0.5, 0.6) is 0 Å². The zero-order valence-corrected chi connectivity index (χ0v) is 13.1. The van der Waals surface area contributed by atoms with Gasteiger partial charge >= 0.3 is 0 Å². The molecule has 3 aromatic rings. The maximum absolute atomic E-state index is 13.5. The lowest BCUT2D eigenvalue weighted by atomic mass is 10.1. The molecule has 2 aromatic heterocycles. The van der Waals surface area contributed by atoms with E-state index in [1.165, 1.54) is 12.5 Å².